The van der Waals surface area contributed by atoms with Crippen molar-refractivity contribution in [2.24, 2.45) is 0 Å². The van der Waals surface area contributed by atoms with E-state index in [0.717, 1.165) is 11.1 Å². The Balaban J connectivity index is 2.28. The Morgan fingerprint density at radius 3 is 2.76 bits per heavy atom. The van der Waals surface area contributed by atoms with Gasteiger partial charge in [-0.15, -0.1) is 6.58 Å². The van der Waals surface area contributed by atoms with Crippen LogP contribution in [-0.2, 0) is 14.3 Å². The Hall–Kier alpha value is -2.14. The first-order valence-electron chi connectivity index (χ1n) is 6.87. The molecule has 1 aromatic rings. The predicted molar refractivity (Wildman–Crippen MR) is 79.6 cm³/mol. The number of likely N-dealkylation sites (N-methyl/N-ethyl adjacent to an activating group) is 1. The summed E-state index contributed by atoms with van der Waals surface area (Å²) in [5.74, 6) is -0.367. The molecule has 2 rings (SSSR count). The highest BCUT2D eigenvalue weighted by molar-refractivity contribution is 5.86. The minimum atomic E-state index is -0.713. The zero-order chi connectivity index (χ0) is 15.4. The van der Waals surface area contributed by atoms with Gasteiger partial charge >= 0.3 is 0 Å². The van der Waals surface area contributed by atoms with Crippen molar-refractivity contribution < 1.29 is 14.3 Å². The Morgan fingerprint density at radius 2 is 2.14 bits per heavy atom. The highest BCUT2D eigenvalue weighted by atomic mass is 16.5. The molecule has 0 bridgehead atoms. The topological polar surface area (TPSA) is 58.6 Å². The summed E-state index contributed by atoms with van der Waals surface area (Å²) < 4.78 is 5.48. The lowest BCUT2D eigenvalue weighted by atomic mass is 9.97. The van der Waals surface area contributed by atoms with Gasteiger partial charge in [-0.25, -0.2) is 0 Å². The molecule has 0 saturated carbocycles. The molecule has 0 aromatic heterocycles. The summed E-state index contributed by atoms with van der Waals surface area (Å²) >= 11 is 0. The Morgan fingerprint density at radius 1 is 1.48 bits per heavy atom. The zero-order valence-electron chi connectivity index (χ0n) is 12.3. The minimum absolute atomic E-state index is 0.0783. The number of amides is 2. The maximum Gasteiger partial charge on any atom is 0.251 e. The number of benzene rings is 1. The number of morpholine rings is 1. The third kappa shape index (κ3) is 3.31. The Labute approximate surface area is 124 Å². The average molecular weight is 288 g/mol. The smallest absolute Gasteiger partial charge is 0.251 e. The van der Waals surface area contributed by atoms with Crippen molar-refractivity contribution >= 4 is 11.8 Å². The van der Waals surface area contributed by atoms with Crippen LogP contribution in [0.4, 0.5) is 0 Å². The van der Waals surface area contributed by atoms with Crippen LogP contribution in [0, 0.1) is 6.92 Å². The van der Waals surface area contributed by atoms with E-state index in [0.29, 0.717) is 6.54 Å². The fourth-order valence-corrected chi connectivity index (χ4v) is 2.37. The van der Waals surface area contributed by atoms with Gasteiger partial charge in [-0.2, -0.15) is 0 Å². The summed E-state index contributed by atoms with van der Waals surface area (Å²) in [6.07, 6.45) is 0.895. The largest absolute Gasteiger partial charge is 0.356 e. The number of ether oxygens (including phenoxy) is 1. The molecule has 2 atom stereocenters. The molecule has 1 heterocycles. The second kappa shape index (κ2) is 6.54. The van der Waals surface area contributed by atoms with Crippen molar-refractivity contribution in [2.75, 3.05) is 20.2 Å². The second-order valence-electron chi connectivity index (χ2n) is 5.13. The van der Waals surface area contributed by atoms with Gasteiger partial charge in [0.25, 0.3) is 5.91 Å². The molecule has 0 radical (unpaired) electrons. The van der Waals surface area contributed by atoms with Gasteiger partial charge in [0.15, 0.2) is 6.10 Å². The molecule has 2 amide bonds. The minimum Gasteiger partial charge on any atom is -0.356 e. The third-order valence-electron chi connectivity index (χ3n) is 3.58. The number of carbonyl (C=O) groups is 2. The summed E-state index contributed by atoms with van der Waals surface area (Å²) in [6.45, 7) is 5.86. The molecule has 1 aliphatic rings. The second-order valence-corrected chi connectivity index (χ2v) is 5.13. The normalized spacial score (nSPS) is 22.0. The first kappa shape index (κ1) is 15.3. The van der Waals surface area contributed by atoms with Gasteiger partial charge in [0.1, 0.15) is 6.61 Å². The first-order valence-corrected chi connectivity index (χ1v) is 6.87. The molecule has 1 aliphatic heterocycles. The number of rotatable bonds is 4. The van der Waals surface area contributed by atoms with Crippen LogP contribution in [0.3, 0.4) is 0 Å². The molecule has 1 N–H and O–H groups in total. The fourth-order valence-electron chi connectivity index (χ4n) is 2.37. The molecule has 112 valence electrons. The van der Waals surface area contributed by atoms with Gasteiger partial charge in [-0.1, -0.05) is 35.9 Å². The standard InChI is InChI=1S/C16H20N2O3/c1-4-9-17-16(20)15-14(18(3)13(19)10-21-15)12-7-5-11(2)6-8-12/h4-8,14-15H,1,9-10H2,2-3H3,(H,17,20)/t14-,15+/m1/s1. The average Bonchev–Trinajstić information content (AvgIpc) is 2.48. The number of nitrogens with one attached hydrogen (secondary N) is 1. The molecule has 21 heavy (non-hydrogen) atoms. The van der Waals surface area contributed by atoms with Gasteiger partial charge in [-0.3, -0.25) is 9.59 Å². The Bertz CT molecular complexity index is 539. The van der Waals surface area contributed by atoms with Crippen molar-refractivity contribution in [1.29, 1.82) is 0 Å². The van der Waals surface area contributed by atoms with E-state index in [4.69, 9.17) is 4.74 Å². The number of aryl methyl sites for hydroxylation is 1. The van der Waals surface area contributed by atoms with Crippen molar-refractivity contribution in [3.63, 3.8) is 0 Å². The van der Waals surface area contributed by atoms with E-state index in [2.05, 4.69) is 11.9 Å². The molecular formula is C16H20N2O3. The summed E-state index contributed by atoms with van der Waals surface area (Å²) in [6, 6.07) is 7.34. The van der Waals surface area contributed by atoms with Crippen LogP contribution in [-0.4, -0.2) is 43.0 Å². The van der Waals surface area contributed by atoms with Gasteiger partial charge in [-0.05, 0) is 12.5 Å². The maximum atomic E-state index is 12.2. The van der Waals surface area contributed by atoms with E-state index < -0.39 is 12.1 Å². The summed E-state index contributed by atoms with van der Waals surface area (Å²) in [7, 11) is 1.70. The van der Waals surface area contributed by atoms with Gasteiger partial charge in [0, 0.05) is 13.6 Å². The van der Waals surface area contributed by atoms with Crippen LogP contribution in [0.1, 0.15) is 17.2 Å². The molecule has 0 unspecified atom stereocenters. The third-order valence-corrected chi connectivity index (χ3v) is 3.58. The Kier molecular flexibility index (Phi) is 4.75. The molecule has 0 spiro atoms. The lowest BCUT2D eigenvalue weighted by Crippen LogP contribution is -2.53. The summed E-state index contributed by atoms with van der Waals surface area (Å²) in [4.78, 5) is 25.7. The number of carbonyl (C=O) groups excluding carboxylic acids is 2. The van der Waals surface area contributed by atoms with Crippen molar-refractivity contribution in [2.45, 2.75) is 19.1 Å². The number of nitrogens with zero attached hydrogens (tertiary/aromatic N) is 1. The molecule has 1 saturated heterocycles. The zero-order valence-corrected chi connectivity index (χ0v) is 12.3. The molecule has 1 fully saturated rings. The number of hydrogen-bond acceptors (Lipinski definition) is 3. The SMILES string of the molecule is C=CCNC(=O)[C@H]1OCC(=O)N(C)[C@@H]1c1ccc(C)cc1. The fraction of sp³-hybridized carbons (Fsp3) is 0.375. The van der Waals surface area contributed by atoms with Gasteiger partial charge < -0.3 is 15.0 Å². The lowest BCUT2D eigenvalue weighted by Gasteiger charge is -2.38. The highest BCUT2D eigenvalue weighted by Gasteiger charge is 2.39. The van der Waals surface area contributed by atoms with Crippen LogP contribution in [0.5, 0.6) is 0 Å². The summed E-state index contributed by atoms with van der Waals surface area (Å²) in [5, 5.41) is 2.73. The van der Waals surface area contributed by atoms with Crippen LogP contribution in [0.15, 0.2) is 36.9 Å². The van der Waals surface area contributed by atoms with Gasteiger partial charge in [0.05, 0.1) is 6.04 Å². The van der Waals surface area contributed by atoms with Crippen LogP contribution < -0.4 is 5.32 Å². The van der Waals surface area contributed by atoms with E-state index in [1.165, 1.54) is 0 Å². The molecular weight excluding hydrogens is 268 g/mol. The quantitative estimate of drug-likeness (QED) is 0.847. The van der Waals surface area contributed by atoms with Crippen LogP contribution in [0.25, 0.3) is 0 Å². The van der Waals surface area contributed by atoms with Crippen molar-refractivity contribution in [1.82, 2.24) is 10.2 Å². The van der Waals surface area contributed by atoms with Gasteiger partial charge in [0.2, 0.25) is 5.91 Å². The molecule has 5 heteroatoms. The van der Waals surface area contributed by atoms with E-state index in [1.807, 2.05) is 31.2 Å². The first-order chi connectivity index (χ1) is 10.0. The highest BCUT2D eigenvalue weighted by Crippen LogP contribution is 2.29. The van der Waals surface area contributed by atoms with Crippen LogP contribution >= 0.6 is 0 Å². The summed E-state index contributed by atoms with van der Waals surface area (Å²) in [5.41, 5.74) is 2.01. The molecule has 0 aliphatic carbocycles. The lowest BCUT2D eigenvalue weighted by molar-refractivity contribution is -0.162. The van der Waals surface area contributed by atoms with Crippen molar-refractivity contribution in [3.8, 4) is 0 Å². The van der Waals surface area contributed by atoms with Crippen LogP contribution in [0.2, 0.25) is 0 Å². The monoisotopic (exact) mass is 288 g/mol. The number of hydrogen-bond donors (Lipinski definition) is 1. The van der Waals surface area contributed by atoms with E-state index in [1.54, 1.807) is 18.0 Å². The molecule has 5 nitrogen and oxygen atoms in total. The van der Waals surface area contributed by atoms with E-state index in [-0.39, 0.29) is 18.4 Å². The maximum absolute atomic E-state index is 12.2. The van der Waals surface area contributed by atoms with E-state index in [9.17, 15) is 9.59 Å². The van der Waals surface area contributed by atoms with Crippen molar-refractivity contribution in [3.05, 3.63) is 48.0 Å². The predicted octanol–water partition coefficient (Wildman–Crippen LogP) is 1.20. The molecule has 1 aromatic carbocycles. The van der Waals surface area contributed by atoms with E-state index >= 15 is 0 Å².